The molecule has 1 aliphatic carbocycles. The normalized spacial score (nSPS) is 21.2. The third-order valence-corrected chi connectivity index (χ3v) is 3.95. The zero-order chi connectivity index (χ0) is 15.9. The molecule has 1 heterocycles. The van der Waals surface area contributed by atoms with Crippen molar-refractivity contribution in [2.45, 2.75) is 57.6 Å². The van der Waals surface area contributed by atoms with Crippen LogP contribution in [0.3, 0.4) is 0 Å². The summed E-state index contributed by atoms with van der Waals surface area (Å²) in [6.07, 6.45) is 5.79. The molecule has 0 aromatic carbocycles. The van der Waals surface area contributed by atoms with E-state index < -0.39 is 0 Å². The highest BCUT2D eigenvalue weighted by atomic mass is 35.5. The summed E-state index contributed by atoms with van der Waals surface area (Å²) < 4.78 is 5.82. The van der Waals surface area contributed by atoms with Crippen molar-refractivity contribution in [3.05, 3.63) is 23.4 Å². The van der Waals surface area contributed by atoms with Crippen molar-refractivity contribution in [2.24, 2.45) is 0 Å². The summed E-state index contributed by atoms with van der Waals surface area (Å²) in [5.41, 5.74) is 0. The number of amides is 1. The number of rotatable bonds is 6. The van der Waals surface area contributed by atoms with E-state index in [2.05, 4.69) is 10.3 Å². The molecule has 1 aromatic heterocycles. The van der Waals surface area contributed by atoms with Gasteiger partial charge in [-0.05, 0) is 38.7 Å². The summed E-state index contributed by atoms with van der Waals surface area (Å²) in [5, 5.41) is 3.57. The van der Waals surface area contributed by atoms with E-state index in [9.17, 15) is 9.59 Å². The van der Waals surface area contributed by atoms with E-state index in [-0.39, 0.29) is 30.3 Å². The summed E-state index contributed by atoms with van der Waals surface area (Å²) >= 11 is 5.79. The lowest BCUT2D eigenvalue weighted by atomic mass is 9.93. The molecule has 0 unspecified atom stereocenters. The summed E-state index contributed by atoms with van der Waals surface area (Å²) in [6, 6.07) is 3.69. The van der Waals surface area contributed by atoms with Gasteiger partial charge < -0.3 is 14.8 Å². The van der Waals surface area contributed by atoms with Crippen LogP contribution in [-0.4, -0.2) is 28.8 Å². The number of ketones is 1. The van der Waals surface area contributed by atoms with Crippen molar-refractivity contribution in [3.63, 3.8) is 0 Å². The zero-order valence-corrected chi connectivity index (χ0v) is 13.4. The molecule has 22 heavy (non-hydrogen) atoms. The summed E-state index contributed by atoms with van der Waals surface area (Å²) in [5.74, 6) is 0.583. The van der Waals surface area contributed by atoms with Gasteiger partial charge in [-0.25, -0.2) is 4.98 Å². The molecule has 0 aliphatic heterocycles. The third kappa shape index (κ3) is 5.64. The Morgan fingerprint density at radius 3 is 2.59 bits per heavy atom. The van der Waals surface area contributed by atoms with Gasteiger partial charge in [-0.1, -0.05) is 11.6 Å². The van der Waals surface area contributed by atoms with Crippen LogP contribution in [0.5, 0.6) is 5.88 Å². The molecule has 5 nitrogen and oxygen atoms in total. The van der Waals surface area contributed by atoms with Gasteiger partial charge in [0.15, 0.2) is 0 Å². The predicted molar refractivity (Wildman–Crippen MR) is 84.0 cm³/mol. The average molecular weight is 325 g/mol. The lowest BCUT2D eigenvalue weighted by Gasteiger charge is -2.29. The van der Waals surface area contributed by atoms with E-state index in [0.29, 0.717) is 17.3 Å². The summed E-state index contributed by atoms with van der Waals surface area (Å²) in [7, 11) is 0. The van der Waals surface area contributed by atoms with Crippen molar-refractivity contribution in [3.8, 4) is 5.88 Å². The minimum Gasteiger partial charge on any atom is -0.474 e. The predicted octanol–water partition coefficient (Wildman–Crippen LogP) is 2.91. The first-order valence-electron chi connectivity index (χ1n) is 7.60. The fourth-order valence-corrected chi connectivity index (χ4v) is 2.63. The molecule has 6 heteroatoms. The Bertz CT molecular complexity index is 511. The zero-order valence-electron chi connectivity index (χ0n) is 12.7. The van der Waals surface area contributed by atoms with Crippen molar-refractivity contribution < 1.29 is 14.3 Å². The largest absolute Gasteiger partial charge is 0.474 e. The number of nitrogens with zero attached hydrogens (tertiary/aromatic N) is 1. The molecule has 0 radical (unpaired) electrons. The lowest BCUT2D eigenvalue weighted by molar-refractivity contribution is -0.125. The van der Waals surface area contributed by atoms with E-state index in [0.717, 1.165) is 25.7 Å². The third-order valence-electron chi connectivity index (χ3n) is 3.73. The molecule has 1 amide bonds. The van der Waals surface area contributed by atoms with Crippen molar-refractivity contribution >= 4 is 23.3 Å². The van der Waals surface area contributed by atoms with Gasteiger partial charge in [-0.15, -0.1) is 0 Å². The number of Topliss-reactive ketones (excluding diaryl/α,β-unsaturated/α-hetero) is 1. The number of carbonyl (C=O) groups excluding carboxylic acids is 2. The second-order valence-electron chi connectivity index (χ2n) is 5.68. The SMILES string of the molecule is CC(=O)CCC(=O)NC1CCC(Oc2ccc(Cl)cn2)CC1. The topological polar surface area (TPSA) is 68.3 Å². The first kappa shape index (κ1) is 16.7. The van der Waals surface area contributed by atoms with Crippen LogP contribution in [0.15, 0.2) is 18.3 Å². The van der Waals surface area contributed by atoms with Crippen LogP contribution in [0.1, 0.15) is 45.4 Å². The number of hydrogen-bond donors (Lipinski definition) is 1. The Morgan fingerprint density at radius 1 is 1.27 bits per heavy atom. The van der Waals surface area contributed by atoms with Crippen LogP contribution in [0.2, 0.25) is 5.02 Å². The van der Waals surface area contributed by atoms with Gasteiger partial charge in [0.25, 0.3) is 0 Å². The lowest BCUT2D eigenvalue weighted by Crippen LogP contribution is -2.39. The molecule has 1 aliphatic rings. The van der Waals surface area contributed by atoms with Crippen LogP contribution < -0.4 is 10.1 Å². The second-order valence-corrected chi connectivity index (χ2v) is 6.11. The first-order valence-corrected chi connectivity index (χ1v) is 7.97. The van der Waals surface area contributed by atoms with Crippen molar-refractivity contribution in [1.29, 1.82) is 0 Å². The van der Waals surface area contributed by atoms with Gasteiger partial charge in [0, 0.05) is 31.1 Å². The van der Waals surface area contributed by atoms with Gasteiger partial charge in [-0.2, -0.15) is 0 Å². The van der Waals surface area contributed by atoms with Gasteiger partial charge in [0.2, 0.25) is 11.8 Å². The molecule has 1 fully saturated rings. The maximum absolute atomic E-state index is 11.7. The van der Waals surface area contributed by atoms with E-state index in [1.807, 2.05) is 0 Å². The van der Waals surface area contributed by atoms with E-state index in [4.69, 9.17) is 16.3 Å². The molecule has 0 spiro atoms. The fourth-order valence-electron chi connectivity index (χ4n) is 2.52. The summed E-state index contributed by atoms with van der Waals surface area (Å²) in [4.78, 5) is 26.7. The standard InChI is InChI=1S/C16H21ClN2O3/c1-11(20)2-8-15(21)19-13-4-6-14(7-5-13)22-16-9-3-12(17)10-18-16/h3,9-10,13-14H,2,4-8H2,1H3,(H,19,21). The Balaban J connectivity index is 1.70. The van der Waals surface area contributed by atoms with Gasteiger partial charge in [0.1, 0.15) is 11.9 Å². The summed E-state index contributed by atoms with van der Waals surface area (Å²) in [6.45, 7) is 1.50. The monoisotopic (exact) mass is 324 g/mol. The fraction of sp³-hybridized carbons (Fsp3) is 0.562. The Labute approximate surface area is 135 Å². The van der Waals surface area contributed by atoms with E-state index in [1.165, 1.54) is 6.92 Å². The molecule has 1 N–H and O–H groups in total. The molecular formula is C16H21ClN2O3. The Kier molecular flexibility index (Phi) is 6.19. The van der Waals surface area contributed by atoms with Gasteiger partial charge in [-0.3, -0.25) is 4.79 Å². The Morgan fingerprint density at radius 2 is 2.00 bits per heavy atom. The maximum Gasteiger partial charge on any atom is 0.220 e. The number of hydrogen-bond acceptors (Lipinski definition) is 4. The number of carbonyl (C=O) groups is 2. The van der Waals surface area contributed by atoms with Gasteiger partial charge in [0.05, 0.1) is 5.02 Å². The van der Waals surface area contributed by atoms with Crippen LogP contribution in [0.25, 0.3) is 0 Å². The Hall–Kier alpha value is -1.62. The van der Waals surface area contributed by atoms with Crippen LogP contribution in [-0.2, 0) is 9.59 Å². The molecule has 1 saturated carbocycles. The smallest absolute Gasteiger partial charge is 0.220 e. The van der Waals surface area contributed by atoms with Crippen LogP contribution >= 0.6 is 11.6 Å². The van der Waals surface area contributed by atoms with Gasteiger partial charge >= 0.3 is 0 Å². The quantitative estimate of drug-likeness (QED) is 0.873. The molecule has 0 bridgehead atoms. The minimum atomic E-state index is -0.0427. The molecule has 0 atom stereocenters. The molecule has 0 saturated heterocycles. The molecule has 120 valence electrons. The number of nitrogens with one attached hydrogen (secondary N) is 1. The van der Waals surface area contributed by atoms with Crippen molar-refractivity contribution in [2.75, 3.05) is 0 Å². The van der Waals surface area contributed by atoms with E-state index >= 15 is 0 Å². The minimum absolute atomic E-state index is 0.0427. The molecular weight excluding hydrogens is 304 g/mol. The first-order chi connectivity index (χ1) is 10.5. The molecule has 1 aromatic rings. The number of halogens is 1. The molecule has 2 rings (SSSR count). The average Bonchev–Trinajstić information content (AvgIpc) is 2.49. The second kappa shape index (κ2) is 8.13. The van der Waals surface area contributed by atoms with Crippen LogP contribution in [0, 0.1) is 0 Å². The highest BCUT2D eigenvalue weighted by molar-refractivity contribution is 6.30. The number of aromatic nitrogens is 1. The highest BCUT2D eigenvalue weighted by Crippen LogP contribution is 2.23. The highest BCUT2D eigenvalue weighted by Gasteiger charge is 2.23. The number of ether oxygens (including phenoxy) is 1. The van der Waals surface area contributed by atoms with Crippen LogP contribution in [0.4, 0.5) is 0 Å². The number of pyridine rings is 1. The van der Waals surface area contributed by atoms with E-state index in [1.54, 1.807) is 18.3 Å². The van der Waals surface area contributed by atoms with Crippen molar-refractivity contribution in [1.82, 2.24) is 10.3 Å². The maximum atomic E-state index is 11.7.